The lowest BCUT2D eigenvalue weighted by atomic mass is 10.2. The summed E-state index contributed by atoms with van der Waals surface area (Å²) in [5.74, 6) is 0.407. The van der Waals surface area contributed by atoms with Crippen LogP contribution in [0.1, 0.15) is 0 Å². The van der Waals surface area contributed by atoms with E-state index < -0.39 is 11.7 Å². The summed E-state index contributed by atoms with van der Waals surface area (Å²) in [4.78, 5) is 23.6. The van der Waals surface area contributed by atoms with Gasteiger partial charge in [0.05, 0.1) is 0 Å². The van der Waals surface area contributed by atoms with Gasteiger partial charge in [0.15, 0.2) is 0 Å². The van der Waals surface area contributed by atoms with Crippen LogP contribution in [-0.2, 0) is 0 Å². The number of hydrogen-bond donors (Lipinski definition) is 0. The van der Waals surface area contributed by atoms with E-state index in [0.29, 0.717) is 16.7 Å². The van der Waals surface area contributed by atoms with E-state index in [-0.39, 0.29) is 0 Å². The van der Waals surface area contributed by atoms with Crippen LogP contribution in [0.25, 0.3) is 11.0 Å². The van der Waals surface area contributed by atoms with Crippen molar-refractivity contribution in [1.29, 1.82) is 0 Å². The first-order valence-corrected chi connectivity index (χ1v) is 4.99. The molecule has 0 saturated heterocycles. The van der Waals surface area contributed by atoms with Crippen LogP contribution in [-0.4, -0.2) is 25.1 Å². The zero-order valence-corrected chi connectivity index (χ0v) is 9.47. The Bertz CT molecular complexity index is 615. The van der Waals surface area contributed by atoms with Crippen LogP contribution in [0.2, 0.25) is 0 Å². The molecule has 1 aromatic heterocycles. The number of ether oxygens (including phenoxy) is 1. The fourth-order valence-electron chi connectivity index (χ4n) is 1.31. The number of hydrogen-bond acceptors (Lipinski definition) is 4. The third-order valence-electron chi connectivity index (χ3n) is 2.16. The van der Waals surface area contributed by atoms with Gasteiger partial charge in [-0.25, -0.2) is 9.59 Å². The van der Waals surface area contributed by atoms with Gasteiger partial charge in [0.2, 0.25) is 0 Å². The molecule has 0 spiro atoms. The van der Waals surface area contributed by atoms with Crippen LogP contribution in [0.4, 0.5) is 4.79 Å². The molecule has 0 unspecified atom stereocenters. The number of benzene rings is 1. The second kappa shape index (κ2) is 4.29. The molecule has 2 aromatic rings. The molecule has 5 nitrogen and oxygen atoms in total. The molecular formula is C12H11NO4. The summed E-state index contributed by atoms with van der Waals surface area (Å²) in [6, 6.07) is 7.75. The van der Waals surface area contributed by atoms with E-state index in [0.717, 1.165) is 0 Å². The number of carbonyl (C=O) groups is 1. The SMILES string of the molecule is CN(C)C(=O)Oc1ccc2oc(=O)ccc2c1. The first kappa shape index (κ1) is 11.2. The third kappa shape index (κ3) is 2.44. The van der Waals surface area contributed by atoms with Crippen molar-refractivity contribution in [1.82, 2.24) is 4.90 Å². The number of fused-ring (bicyclic) bond motifs is 1. The highest BCUT2D eigenvalue weighted by molar-refractivity contribution is 5.79. The zero-order chi connectivity index (χ0) is 12.4. The second-order valence-corrected chi connectivity index (χ2v) is 3.72. The summed E-state index contributed by atoms with van der Waals surface area (Å²) >= 11 is 0. The van der Waals surface area contributed by atoms with Crippen molar-refractivity contribution < 1.29 is 13.9 Å². The van der Waals surface area contributed by atoms with Gasteiger partial charge in [-0.15, -0.1) is 0 Å². The Morgan fingerprint density at radius 3 is 2.71 bits per heavy atom. The third-order valence-corrected chi connectivity index (χ3v) is 2.16. The lowest BCUT2D eigenvalue weighted by Gasteiger charge is -2.10. The van der Waals surface area contributed by atoms with Crippen LogP contribution in [0.3, 0.4) is 0 Å². The monoisotopic (exact) mass is 233 g/mol. The average Bonchev–Trinajstić information content (AvgIpc) is 2.29. The Morgan fingerprint density at radius 1 is 1.24 bits per heavy atom. The van der Waals surface area contributed by atoms with Crippen LogP contribution in [0.15, 0.2) is 39.5 Å². The first-order valence-electron chi connectivity index (χ1n) is 4.99. The Morgan fingerprint density at radius 2 is 2.00 bits per heavy atom. The molecule has 0 atom stereocenters. The predicted molar refractivity (Wildman–Crippen MR) is 62.2 cm³/mol. The van der Waals surface area contributed by atoms with Gasteiger partial charge in [-0.05, 0) is 24.3 Å². The Kier molecular flexibility index (Phi) is 2.82. The second-order valence-electron chi connectivity index (χ2n) is 3.72. The fraction of sp³-hybridized carbons (Fsp3) is 0.167. The maximum atomic E-state index is 11.3. The van der Waals surface area contributed by atoms with Gasteiger partial charge in [-0.3, -0.25) is 0 Å². The van der Waals surface area contributed by atoms with Gasteiger partial charge in [0.1, 0.15) is 11.3 Å². The lowest BCUT2D eigenvalue weighted by Crippen LogP contribution is -2.25. The van der Waals surface area contributed by atoms with Crippen molar-refractivity contribution in [3.63, 3.8) is 0 Å². The number of amides is 1. The van der Waals surface area contributed by atoms with Gasteiger partial charge in [-0.2, -0.15) is 0 Å². The standard InChI is InChI=1S/C12H11NO4/c1-13(2)12(15)16-9-4-5-10-8(7-9)3-6-11(14)17-10/h3-7H,1-2H3. The molecule has 2 rings (SSSR count). The van der Waals surface area contributed by atoms with E-state index in [9.17, 15) is 9.59 Å². The Labute approximate surface area is 97.2 Å². The molecule has 5 heteroatoms. The molecule has 1 amide bonds. The van der Waals surface area contributed by atoms with Crippen LogP contribution < -0.4 is 10.4 Å². The molecule has 0 fully saturated rings. The van der Waals surface area contributed by atoms with E-state index in [1.807, 2.05) is 0 Å². The van der Waals surface area contributed by atoms with E-state index in [4.69, 9.17) is 9.15 Å². The molecule has 0 aliphatic heterocycles. The summed E-state index contributed by atoms with van der Waals surface area (Å²) in [5.41, 5.74) is 0.0534. The van der Waals surface area contributed by atoms with E-state index in [1.165, 1.54) is 11.0 Å². The maximum Gasteiger partial charge on any atom is 0.414 e. The van der Waals surface area contributed by atoms with Crippen molar-refractivity contribution in [3.05, 3.63) is 40.8 Å². The summed E-state index contributed by atoms with van der Waals surface area (Å²) in [7, 11) is 3.20. The highest BCUT2D eigenvalue weighted by Crippen LogP contribution is 2.19. The van der Waals surface area contributed by atoms with Crippen molar-refractivity contribution >= 4 is 17.1 Å². The average molecular weight is 233 g/mol. The number of rotatable bonds is 1. The Balaban J connectivity index is 2.35. The lowest BCUT2D eigenvalue weighted by molar-refractivity contribution is 0.172. The molecular weight excluding hydrogens is 222 g/mol. The molecule has 88 valence electrons. The van der Waals surface area contributed by atoms with Gasteiger partial charge in [0.25, 0.3) is 0 Å². The summed E-state index contributed by atoms with van der Waals surface area (Å²) in [6.07, 6.45) is -0.457. The normalized spacial score (nSPS) is 10.2. The van der Waals surface area contributed by atoms with Crippen LogP contribution in [0.5, 0.6) is 5.75 Å². The summed E-state index contributed by atoms with van der Waals surface area (Å²) in [5, 5.41) is 0.702. The van der Waals surface area contributed by atoms with Crippen molar-refractivity contribution in [2.24, 2.45) is 0 Å². The smallest absolute Gasteiger partial charge is 0.414 e. The predicted octanol–water partition coefficient (Wildman–Crippen LogP) is 1.85. The number of nitrogens with zero attached hydrogens (tertiary/aromatic N) is 1. The first-order chi connectivity index (χ1) is 8.06. The zero-order valence-electron chi connectivity index (χ0n) is 9.47. The maximum absolute atomic E-state index is 11.3. The van der Waals surface area contributed by atoms with Gasteiger partial charge in [0, 0.05) is 25.5 Å². The molecule has 0 aliphatic rings. The van der Waals surface area contributed by atoms with E-state index >= 15 is 0 Å². The molecule has 0 aliphatic carbocycles. The highest BCUT2D eigenvalue weighted by atomic mass is 16.6. The molecule has 17 heavy (non-hydrogen) atoms. The molecule has 0 N–H and O–H groups in total. The van der Waals surface area contributed by atoms with E-state index in [2.05, 4.69) is 0 Å². The van der Waals surface area contributed by atoms with Crippen molar-refractivity contribution in [2.75, 3.05) is 14.1 Å². The molecule has 0 saturated carbocycles. The molecule has 0 radical (unpaired) electrons. The summed E-state index contributed by atoms with van der Waals surface area (Å²) < 4.78 is 10.0. The van der Waals surface area contributed by atoms with Gasteiger partial charge < -0.3 is 14.1 Å². The Hall–Kier alpha value is -2.30. The largest absolute Gasteiger partial charge is 0.423 e. The van der Waals surface area contributed by atoms with Gasteiger partial charge >= 0.3 is 11.7 Å². The van der Waals surface area contributed by atoms with Gasteiger partial charge in [-0.1, -0.05) is 0 Å². The topological polar surface area (TPSA) is 59.8 Å². The van der Waals surface area contributed by atoms with Crippen molar-refractivity contribution in [2.45, 2.75) is 0 Å². The van der Waals surface area contributed by atoms with E-state index in [1.54, 1.807) is 38.4 Å². The minimum absolute atomic E-state index is 0.407. The number of carbonyl (C=O) groups excluding carboxylic acids is 1. The highest BCUT2D eigenvalue weighted by Gasteiger charge is 2.07. The van der Waals surface area contributed by atoms with Crippen LogP contribution >= 0.6 is 0 Å². The molecule has 1 heterocycles. The summed E-state index contributed by atoms with van der Waals surface area (Å²) in [6.45, 7) is 0. The minimum atomic E-state index is -0.457. The molecule has 1 aromatic carbocycles. The minimum Gasteiger partial charge on any atom is -0.423 e. The van der Waals surface area contributed by atoms with Crippen LogP contribution in [0, 0.1) is 0 Å². The van der Waals surface area contributed by atoms with Crippen molar-refractivity contribution in [3.8, 4) is 5.75 Å². The fourth-order valence-corrected chi connectivity index (χ4v) is 1.31. The quantitative estimate of drug-likeness (QED) is 0.705. The molecule has 0 bridgehead atoms.